The molecule has 0 saturated heterocycles. The van der Waals surface area contributed by atoms with E-state index < -0.39 is 0 Å². The number of halogens is 1. The lowest BCUT2D eigenvalue weighted by Crippen LogP contribution is -2.24. The summed E-state index contributed by atoms with van der Waals surface area (Å²) in [6, 6.07) is 14.4. The Balaban J connectivity index is 1.66. The molecule has 1 atom stereocenters. The van der Waals surface area contributed by atoms with Gasteiger partial charge in [0.2, 0.25) is 5.95 Å². The van der Waals surface area contributed by atoms with Crippen molar-refractivity contribution in [1.82, 2.24) is 9.97 Å². The zero-order chi connectivity index (χ0) is 18.8. The molecule has 1 aliphatic rings. The predicted octanol–water partition coefficient (Wildman–Crippen LogP) is 6.33. The van der Waals surface area contributed by atoms with E-state index in [2.05, 4.69) is 28.6 Å². The number of rotatable bonds is 5. The molecular weight excluding hydrogens is 356 g/mol. The topological polar surface area (TPSA) is 49.8 Å². The monoisotopic (exact) mass is 380 g/mol. The van der Waals surface area contributed by atoms with Gasteiger partial charge < -0.3 is 10.6 Å². The van der Waals surface area contributed by atoms with Crippen LogP contribution in [0, 0.1) is 12.8 Å². The first-order valence-electron chi connectivity index (χ1n) is 9.66. The van der Waals surface area contributed by atoms with Gasteiger partial charge in [-0.3, -0.25) is 0 Å². The molecule has 2 aromatic carbocycles. The Bertz CT molecular complexity index is 950. The molecule has 1 aromatic heterocycles. The number of nitrogens with one attached hydrogen (secondary N) is 2. The molecule has 3 aromatic rings. The number of benzene rings is 2. The number of hydrogen-bond donors (Lipinski definition) is 2. The standard InChI is InChI=1S/C22H25ClN4/c1-14-11-12-17(13-19(14)23)25-22-26-20-10-6-5-9-18(20)21(27-22)24-15(2)16-7-3-4-8-16/h5-6,9-13,15-16H,3-4,7-8H2,1-2H3,(H2,24,25,26,27)/t15-/m1/s1. The van der Waals surface area contributed by atoms with Crippen LogP contribution in [0.2, 0.25) is 5.02 Å². The van der Waals surface area contributed by atoms with Gasteiger partial charge in [-0.15, -0.1) is 0 Å². The number of fused-ring (bicyclic) bond motifs is 1. The summed E-state index contributed by atoms with van der Waals surface area (Å²) in [5.74, 6) is 2.18. The minimum atomic E-state index is 0.396. The molecular formula is C22H25ClN4. The van der Waals surface area contributed by atoms with E-state index in [-0.39, 0.29) is 0 Å². The molecule has 1 saturated carbocycles. The van der Waals surface area contributed by atoms with E-state index in [1.54, 1.807) is 0 Å². The molecule has 5 heteroatoms. The number of hydrogen-bond acceptors (Lipinski definition) is 4. The van der Waals surface area contributed by atoms with Crippen molar-refractivity contribution in [3.8, 4) is 0 Å². The third kappa shape index (κ3) is 4.01. The molecule has 0 bridgehead atoms. The quantitative estimate of drug-likeness (QED) is 0.543. The van der Waals surface area contributed by atoms with Gasteiger partial charge in [0.25, 0.3) is 0 Å². The Kier molecular flexibility index (Phi) is 5.17. The highest BCUT2D eigenvalue weighted by molar-refractivity contribution is 6.31. The summed E-state index contributed by atoms with van der Waals surface area (Å²) in [5.41, 5.74) is 2.86. The Labute approximate surface area is 165 Å². The first-order valence-corrected chi connectivity index (χ1v) is 10.0. The average Bonchev–Trinajstić information content (AvgIpc) is 3.20. The van der Waals surface area contributed by atoms with Crippen LogP contribution in [0.3, 0.4) is 0 Å². The number of aromatic nitrogens is 2. The maximum absolute atomic E-state index is 6.25. The maximum Gasteiger partial charge on any atom is 0.229 e. The summed E-state index contributed by atoms with van der Waals surface area (Å²) in [5, 5.41) is 8.74. The zero-order valence-electron chi connectivity index (χ0n) is 15.8. The molecule has 0 radical (unpaired) electrons. The minimum Gasteiger partial charge on any atom is -0.367 e. The second kappa shape index (κ2) is 7.73. The van der Waals surface area contributed by atoms with Crippen molar-refractivity contribution >= 4 is 40.0 Å². The van der Waals surface area contributed by atoms with Crippen LogP contribution >= 0.6 is 11.6 Å². The molecule has 4 nitrogen and oxygen atoms in total. The van der Waals surface area contributed by atoms with Crippen molar-refractivity contribution in [1.29, 1.82) is 0 Å². The third-order valence-corrected chi connectivity index (χ3v) is 5.91. The van der Waals surface area contributed by atoms with Crippen LogP contribution in [0.25, 0.3) is 10.9 Å². The first-order chi connectivity index (χ1) is 13.1. The SMILES string of the molecule is Cc1ccc(Nc2nc(N[C@H](C)C3CCCC3)c3ccccc3n2)cc1Cl. The van der Waals surface area contributed by atoms with Crippen molar-refractivity contribution in [3.63, 3.8) is 0 Å². The maximum atomic E-state index is 6.25. The lowest BCUT2D eigenvalue weighted by Gasteiger charge is -2.22. The fourth-order valence-electron chi connectivity index (χ4n) is 3.83. The predicted molar refractivity (Wildman–Crippen MR) is 114 cm³/mol. The largest absolute Gasteiger partial charge is 0.367 e. The normalized spacial score (nSPS) is 15.8. The molecule has 0 unspecified atom stereocenters. The second-order valence-corrected chi connectivity index (χ2v) is 7.89. The fourth-order valence-corrected chi connectivity index (χ4v) is 4.01. The van der Waals surface area contributed by atoms with E-state index in [4.69, 9.17) is 16.6 Å². The smallest absolute Gasteiger partial charge is 0.229 e. The van der Waals surface area contributed by atoms with Crippen molar-refractivity contribution < 1.29 is 0 Å². The molecule has 0 aliphatic heterocycles. The van der Waals surface area contributed by atoms with E-state index in [0.717, 1.165) is 33.0 Å². The van der Waals surface area contributed by atoms with Gasteiger partial charge >= 0.3 is 0 Å². The summed E-state index contributed by atoms with van der Waals surface area (Å²) in [6.07, 6.45) is 5.26. The van der Waals surface area contributed by atoms with Gasteiger partial charge in [-0.25, -0.2) is 4.98 Å². The van der Waals surface area contributed by atoms with Crippen molar-refractivity contribution in [3.05, 3.63) is 53.1 Å². The van der Waals surface area contributed by atoms with Gasteiger partial charge in [0.05, 0.1) is 5.52 Å². The third-order valence-electron chi connectivity index (χ3n) is 5.50. The Morgan fingerprint density at radius 1 is 1.07 bits per heavy atom. The van der Waals surface area contributed by atoms with Crippen molar-refractivity contribution in [2.45, 2.75) is 45.6 Å². The molecule has 140 valence electrons. The van der Waals surface area contributed by atoms with E-state index in [9.17, 15) is 0 Å². The van der Waals surface area contributed by atoms with Crippen LogP contribution in [-0.2, 0) is 0 Å². The van der Waals surface area contributed by atoms with Crippen LogP contribution in [-0.4, -0.2) is 16.0 Å². The van der Waals surface area contributed by atoms with E-state index >= 15 is 0 Å². The van der Waals surface area contributed by atoms with Gasteiger partial charge in [-0.1, -0.05) is 42.6 Å². The summed E-state index contributed by atoms with van der Waals surface area (Å²) in [4.78, 5) is 9.47. The van der Waals surface area contributed by atoms with Crippen molar-refractivity contribution in [2.75, 3.05) is 10.6 Å². The highest BCUT2D eigenvalue weighted by Gasteiger charge is 2.22. The van der Waals surface area contributed by atoms with E-state index in [1.807, 2.05) is 43.3 Å². The second-order valence-electron chi connectivity index (χ2n) is 7.48. The van der Waals surface area contributed by atoms with Crippen molar-refractivity contribution in [2.24, 2.45) is 5.92 Å². The number of nitrogens with zero attached hydrogens (tertiary/aromatic N) is 2. The number of para-hydroxylation sites is 1. The number of aryl methyl sites for hydroxylation is 1. The van der Waals surface area contributed by atoms with Gasteiger partial charge in [-0.05, 0) is 62.4 Å². The molecule has 0 amide bonds. The van der Waals surface area contributed by atoms with Gasteiger partial charge in [0.15, 0.2) is 0 Å². The zero-order valence-corrected chi connectivity index (χ0v) is 16.6. The van der Waals surface area contributed by atoms with E-state index in [0.29, 0.717) is 17.9 Å². The molecule has 0 spiro atoms. The summed E-state index contributed by atoms with van der Waals surface area (Å²) in [7, 11) is 0. The first kappa shape index (κ1) is 18.1. The lowest BCUT2D eigenvalue weighted by molar-refractivity contribution is 0.481. The molecule has 2 N–H and O–H groups in total. The molecule has 1 heterocycles. The van der Waals surface area contributed by atoms with Crippen LogP contribution in [0.4, 0.5) is 17.5 Å². The molecule has 4 rings (SSSR count). The summed E-state index contributed by atoms with van der Waals surface area (Å²) >= 11 is 6.25. The summed E-state index contributed by atoms with van der Waals surface area (Å²) in [6.45, 7) is 4.25. The molecule has 1 aliphatic carbocycles. The van der Waals surface area contributed by atoms with Crippen LogP contribution < -0.4 is 10.6 Å². The van der Waals surface area contributed by atoms with Crippen LogP contribution in [0.1, 0.15) is 38.2 Å². The highest BCUT2D eigenvalue weighted by atomic mass is 35.5. The Morgan fingerprint density at radius 2 is 1.85 bits per heavy atom. The molecule has 1 fully saturated rings. The lowest BCUT2D eigenvalue weighted by atomic mass is 10.00. The fraction of sp³-hybridized carbons (Fsp3) is 0.364. The van der Waals surface area contributed by atoms with Gasteiger partial charge in [0.1, 0.15) is 5.82 Å². The number of anilines is 3. The van der Waals surface area contributed by atoms with Crippen LogP contribution in [0.5, 0.6) is 0 Å². The van der Waals surface area contributed by atoms with Crippen LogP contribution in [0.15, 0.2) is 42.5 Å². The van der Waals surface area contributed by atoms with Gasteiger partial charge in [-0.2, -0.15) is 4.98 Å². The minimum absolute atomic E-state index is 0.396. The summed E-state index contributed by atoms with van der Waals surface area (Å²) < 4.78 is 0. The average molecular weight is 381 g/mol. The highest BCUT2D eigenvalue weighted by Crippen LogP contribution is 2.31. The van der Waals surface area contributed by atoms with E-state index in [1.165, 1.54) is 25.7 Å². The Morgan fingerprint density at radius 3 is 2.63 bits per heavy atom. The van der Waals surface area contributed by atoms with Gasteiger partial charge in [0, 0.05) is 22.1 Å². The Hall–Kier alpha value is -2.33. The molecule has 27 heavy (non-hydrogen) atoms.